The van der Waals surface area contributed by atoms with Crippen molar-refractivity contribution < 1.29 is 23.1 Å². The molecular formula is C19H23NO5S. The van der Waals surface area contributed by atoms with E-state index in [-0.39, 0.29) is 18.0 Å². The number of carbonyl (C=O) groups is 1. The summed E-state index contributed by atoms with van der Waals surface area (Å²) in [5, 5.41) is 10.5. The zero-order valence-corrected chi connectivity index (χ0v) is 15.5. The fourth-order valence-electron chi connectivity index (χ4n) is 3.29. The molecule has 0 atom stereocenters. The third-order valence-electron chi connectivity index (χ3n) is 4.73. The highest BCUT2D eigenvalue weighted by Crippen LogP contribution is 2.33. The van der Waals surface area contributed by atoms with Gasteiger partial charge in [0.05, 0.1) is 17.4 Å². The summed E-state index contributed by atoms with van der Waals surface area (Å²) in [5.41, 5.74) is 0. The van der Waals surface area contributed by atoms with E-state index in [0.717, 1.165) is 11.8 Å². The summed E-state index contributed by atoms with van der Waals surface area (Å²) in [6.07, 6.45) is 1.54. The Balaban J connectivity index is 1.96. The highest BCUT2D eigenvalue weighted by molar-refractivity contribution is 7.89. The van der Waals surface area contributed by atoms with Crippen LogP contribution in [0.15, 0.2) is 41.3 Å². The van der Waals surface area contributed by atoms with Gasteiger partial charge >= 0.3 is 5.97 Å². The summed E-state index contributed by atoms with van der Waals surface area (Å²) in [4.78, 5) is 11.3. The molecule has 26 heavy (non-hydrogen) atoms. The van der Waals surface area contributed by atoms with Crippen LogP contribution >= 0.6 is 0 Å². The van der Waals surface area contributed by atoms with Crippen molar-refractivity contribution in [3.05, 3.63) is 36.4 Å². The van der Waals surface area contributed by atoms with Crippen molar-refractivity contribution in [2.24, 2.45) is 5.92 Å². The quantitative estimate of drug-likeness (QED) is 0.836. The van der Waals surface area contributed by atoms with Crippen LogP contribution in [0.5, 0.6) is 5.75 Å². The number of ether oxygens (including phenoxy) is 1. The first-order valence-electron chi connectivity index (χ1n) is 8.82. The molecule has 0 aliphatic carbocycles. The van der Waals surface area contributed by atoms with Gasteiger partial charge in [-0.05, 0) is 31.4 Å². The van der Waals surface area contributed by atoms with Gasteiger partial charge in [-0.15, -0.1) is 0 Å². The van der Waals surface area contributed by atoms with Crippen molar-refractivity contribution in [2.45, 2.75) is 31.1 Å². The van der Waals surface area contributed by atoms with Crippen molar-refractivity contribution in [3.63, 3.8) is 0 Å². The summed E-state index contributed by atoms with van der Waals surface area (Å²) >= 11 is 0. The van der Waals surface area contributed by atoms with E-state index in [1.54, 1.807) is 18.2 Å². The molecule has 1 aliphatic rings. The molecule has 2 aromatic rings. The summed E-state index contributed by atoms with van der Waals surface area (Å²) < 4.78 is 33.4. The molecule has 1 saturated heterocycles. The number of nitrogens with zero attached hydrogens (tertiary/aromatic N) is 1. The fourth-order valence-corrected chi connectivity index (χ4v) is 4.95. The third-order valence-corrected chi connectivity index (χ3v) is 6.68. The monoisotopic (exact) mass is 377 g/mol. The molecule has 0 spiro atoms. The Morgan fingerprint density at radius 3 is 2.42 bits per heavy atom. The molecule has 1 aliphatic heterocycles. The lowest BCUT2D eigenvalue weighted by molar-refractivity contribution is -0.142. The minimum atomic E-state index is -3.69. The first-order chi connectivity index (χ1) is 12.4. The van der Waals surface area contributed by atoms with Crippen molar-refractivity contribution >= 4 is 26.8 Å². The van der Waals surface area contributed by atoms with Gasteiger partial charge in [0, 0.05) is 23.9 Å². The van der Waals surface area contributed by atoms with Crippen LogP contribution in [0.1, 0.15) is 26.2 Å². The van der Waals surface area contributed by atoms with E-state index < -0.39 is 21.9 Å². The Kier molecular flexibility index (Phi) is 5.48. The second-order valence-electron chi connectivity index (χ2n) is 6.47. The van der Waals surface area contributed by atoms with Crippen LogP contribution < -0.4 is 4.74 Å². The van der Waals surface area contributed by atoms with Gasteiger partial charge in [0.25, 0.3) is 0 Å². The number of hydrogen-bond acceptors (Lipinski definition) is 4. The van der Waals surface area contributed by atoms with Gasteiger partial charge in [-0.3, -0.25) is 4.79 Å². The number of aliphatic carboxylic acids is 1. The van der Waals surface area contributed by atoms with E-state index in [1.165, 1.54) is 4.31 Å². The predicted octanol–water partition coefficient (Wildman–Crippen LogP) is 3.11. The molecule has 1 heterocycles. The maximum absolute atomic E-state index is 13.1. The highest BCUT2D eigenvalue weighted by atomic mass is 32.2. The molecular weight excluding hydrogens is 354 g/mol. The standard InChI is InChI=1S/C19H23NO5S/c1-2-13-25-17-7-8-18(16-6-4-3-5-15(16)17)26(23,24)20-11-9-14(10-12-20)19(21)22/h3-8,14H,2,9-13H2,1H3,(H,21,22). The van der Waals surface area contributed by atoms with Gasteiger partial charge in [0.2, 0.25) is 10.0 Å². The van der Waals surface area contributed by atoms with Crippen LogP contribution in [-0.2, 0) is 14.8 Å². The Labute approximate surface area is 153 Å². The largest absolute Gasteiger partial charge is 0.493 e. The molecule has 0 saturated carbocycles. The summed E-state index contributed by atoms with van der Waals surface area (Å²) in [7, 11) is -3.69. The first-order valence-corrected chi connectivity index (χ1v) is 10.3. The van der Waals surface area contributed by atoms with E-state index in [0.29, 0.717) is 30.6 Å². The van der Waals surface area contributed by atoms with Crippen molar-refractivity contribution in [1.29, 1.82) is 0 Å². The molecule has 7 heteroatoms. The maximum atomic E-state index is 13.1. The lowest BCUT2D eigenvalue weighted by Gasteiger charge is -2.29. The number of sulfonamides is 1. The van der Waals surface area contributed by atoms with Crippen molar-refractivity contribution in [1.82, 2.24) is 4.31 Å². The molecule has 3 rings (SSSR count). The van der Waals surface area contributed by atoms with Gasteiger partial charge in [-0.2, -0.15) is 4.31 Å². The predicted molar refractivity (Wildman–Crippen MR) is 98.9 cm³/mol. The maximum Gasteiger partial charge on any atom is 0.306 e. The number of carboxylic acid groups (broad SMARTS) is 1. The second-order valence-corrected chi connectivity index (χ2v) is 8.38. The van der Waals surface area contributed by atoms with Crippen molar-refractivity contribution in [2.75, 3.05) is 19.7 Å². The second kappa shape index (κ2) is 7.63. The van der Waals surface area contributed by atoms with E-state index in [1.807, 2.05) is 25.1 Å². The van der Waals surface area contributed by atoms with E-state index in [2.05, 4.69) is 0 Å². The van der Waals surface area contributed by atoms with Gasteiger partial charge in [-0.25, -0.2) is 8.42 Å². The molecule has 0 unspecified atom stereocenters. The number of piperidine rings is 1. The van der Waals surface area contributed by atoms with Crippen LogP contribution in [-0.4, -0.2) is 43.5 Å². The first kappa shape index (κ1) is 18.7. The Bertz CT molecular complexity index is 901. The SMILES string of the molecule is CCCOc1ccc(S(=O)(=O)N2CCC(C(=O)O)CC2)c2ccccc12. The fraction of sp³-hybridized carbons (Fsp3) is 0.421. The summed E-state index contributed by atoms with van der Waals surface area (Å²) in [5.74, 6) is -0.654. The van der Waals surface area contributed by atoms with E-state index in [9.17, 15) is 13.2 Å². The zero-order valence-electron chi connectivity index (χ0n) is 14.7. The molecule has 1 N–H and O–H groups in total. The normalized spacial score (nSPS) is 16.7. The van der Waals surface area contributed by atoms with Crippen LogP contribution in [0, 0.1) is 5.92 Å². The average Bonchev–Trinajstić information content (AvgIpc) is 2.66. The number of benzene rings is 2. The lowest BCUT2D eigenvalue weighted by Crippen LogP contribution is -2.40. The molecule has 0 aromatic heterocycles. The number of fused-ring (bicyclic) bond motifs is 1. The Morgan fingerprint density at radius 1 is 1.15 bits per heavy atom. The smallest absolute Gasteiger partial charge is 0.306 e. The molecule has 140 valence electrons. The Hall–Kier alpha value is -2.12. The highest BCUT2D eigenvalue weighted by Gasteiger charge is 2.33. The zero-order chi connectivity index (χ0) is 18.7. The van der Waals surface area contributed by atoms with E-state index >= 15 is 0 Å². The topological polar surface area (TPSA) is 83.9 Å². The van der Waals surface area contributed by atoms with Gasteiger partial charge in [0.15, 0.2) is 0 Å². The van der Waals surface area contributed by atoms with Gasteiger partial charge < -0.3 is 9.84 Å². The molecule has 1 fully saturated rings. The van der Waals surface area contributed by atoms with Gasteiger partial charge in [0.1, 0.15) is 5.75 Å². The third kappa shape index (κ3) is 3.54. The van der Waals surface area contributed by atoms with Gasteiger partial charge in [-0.1, -0.05) is 31.2 Å². The average molecular weight is 377 g/mol. The summed E-state index contributed by atoms with van der Waals surface area (Å²) in [6, 6.07) is 10.6. The lowest BCUT2D eigenvalue weighted by atomic mass is 9.99. The molecule has 0 radical (unpaired) electrons. The van der Waals surface area contributed by atoms with Crippen LogP contribution in [0.3, 0.4) is 0 Å². The van der Waals surface area contributed by atoms with Crippen LogP contribution in [0.4, 0.5) is 0 Å². The molecule has 2 aromatic carbocycles. The number of rotatable bonds is 6. The van der Waals surface area contributed by atoms with Crippen molar-refractivity contribution in [3.8, 4) is 5.75 Å². The summed E-state index contributed by atoms with van der Waals surface area (Å²) in [6.45, 7) is 3.03. The van der Waals surface area contributed by atoms with Crippen LogP contribution in [0.25, 0.3) is 10.8 Å². The minimum absolute atomic E-state index is 0.224. The van der Waals surface area contributed by atoms with Crippen LogP contribution in [0.2, 0.25) is 0 Å². The minimum Gasteiger partial charge on any atom is -0.493 e. The number of hydrogen-bond donors (Lipinski definition) is 1. The molecule has 0 amide bonds. The molecule has 6 nitrogen and oxygen atoms in total. The van der Waals surface area contributed by atoms with E-state index in [4.69, 9.17) is 9.84 Å². The molecule has 0 bridgehead atoms. The Morgan fingerprint density at radius 2 is 1.81 bits per heavy atom. The number of carboxylic acids is 1.